The fraction of sp³-hybridized carbons (Fsp3) is 0.579. The van der Waals surface area contributed by atoms with E-state index in [1.54, 1.807) is 4.90 Å². The van der Waals surface area contributed by atoms with Gasteiger partial charge in [0.2, 0.25) is 5.91 Å². The minimum absolute atomic E-state index is 0. The second-order valence-corrected chi connectivity index (χ2v) is 8.09. The van der Waals surface area contributed by atoms with Crippen LogP contribution in [-0.2, 0) is 4.79 Å². The molecule has 0 aromatic heterocycles. The molecule has 1 saturated heterocycles. The summed E-state index contributed by atoms with van der Waals surface area (Å²) < 4.78 is 13.2. The first-order valence-corrected chi connectivity index (χ1v) is 9.62. The number of carbonyl (C=O) groups excluding carboxylic acids is 2. The number of nitrogens with two attached hydrogens (primary N) is 1. The van der Waals surface area contributed by atoms with Gasteiger partial charge in [-0.15, -0.1) is 12.4 Å². The number of hydrogen-bond acceptors (Lipinski definition) is 3. The highest BCUT2D eigenvalue weighted by atomic mass is 35.5. The van der Waals surface area contributed by atoms with Crippen LogP contribution in [0.25, 0.3) is 0 Å². The SMILES string of the molecule is Cl.NC1C2CCC(C2)C1C(=O)N1CCN(C(=O)c2ccc(F)cc2Cl)CC1. The van der Waals surface area contributed by atoms with Crippen LogP contribution in [0.1, 0.15) is 29.6 Å². The van der Waals surface area contributed by atoms with Crippen molar-refractivity contribution in [1.82, 2.24) is 9.80 Å². The Bertz CT molecular complexity index is 738. The standard InChI is InChI=1S/C19H23ClFN3O2.ClH/c20-15-10-13(21)3-4-14(15)18(25)23-5-7-24(8-6-23)19(26)16-11-1-2-12(9-11)17(16)22;/h3-4,10-12,16-17H,1-2,5-9,22H2;1H. The molecule has 2 N–H and O–H groups in total. The average Bonchev–Trinajstić information content (AvgIpc) is 3.22. The number of hydrogen-bond donors (Lipinski definition) is 1. The van der Waals surface area contributed by atoms with Crippen molar-refractivity contribution in [2.45, 2.75) is 25.3 Å². The Kier molecular flexibility index (Phi) is 5.99. The molecule has 2 saturated carbocycles. The van der Waals surface area contributed by atoms with Gasteiger partial charge in [0.05, 0.1) is 16.5 Å². The van der Waals surface area contributed by atoms with Gasteiger partial charge in [0.25, 0.3) is 5.91 Å². The van der Waals surface area contributed by atoms with Gasteiger partial charge in [0, 0.05) is 32.2 Å². The number of halogens is 3. The van der Waals surface area contributed by atoms with Crippen molar-refractivity contribution in [3.8, 4) is 0 Å². The molecule has 0 spiro atoms. The minimum Gasteiger partial charge on any atom is -0.339 e. The number of rotatable bonds is 2. The fourth-order valence-electron chi connectivity index (χ4n) is 4.88. The molecule has 4 atom stereocenters. The fourth-order valence-corrected chi connectivity index (χ4v) is 5.12. The Morgan fingerprint density at radius 3 is 2.30 bits per heavy atom. The first-order chi connectivity index (χ1) is 12.5. The molecule has 1 aliphatic heterocycles. The van der Waals surface area contributed by atoms with Crippen LogP contribution in [0, 0.1) is 23.6 Å². The molecule has 2 amide bonds. The van der Waals surface area contributed by atoms with E-state index in [0.29, 0.717) is 43.6 Å². The average molecular weight is 416 g/mol. The van der Waals surface area contributed by atoms with Crippen LogP contribution >= 0.6 is 24.0 Å². The van der Waals surface area contributed by atoms with Crippen molar-refractivity contribution in [3.05, 3.63) is 34.6 Å². The normalized spacial score (nSPS) is 29.6. The molecule has 0 radical (unpaired) electrons. The van der Waals surface area contributed by atoms with E-state index in [4.69, 9.17) is 17.3 Å². The van der Waals surface area contributed by atoms with E-state index in [1.165, 1.54) is 12.1 Å². The number of piperazine rings is 1. The Hall–Kier alpha value is -1.37. The molecule has 3 fully saturated rings. The van der Waals surface area contributed by atoms with Crippen LogP contribution < -0.4 is 5.73 Å². The quantitative estimate of drug-likeness (QED) is 0.806. The Balaban J connectivity index is 0.00000210. The lowest BCUT2D eigenvalue weighted by molar-refractivity contribution is -0.139. The van der Waals surface area contributed by atoms with Gasteiger partial charge in [0.1, 0.15) is 5.82 Å². The van der Waals surface area contributed by atoms with E-state index in [0.717, 1.165) is 25.3 Å². The van der Waals surface area contributed by atoms with Gasteiger partial charge in [-0.05, 0) is 49.3 Å². The minimum atomic E-state index is -0.468. The Morgan fingerprint density at radius 1 is 1.07 bits per heavy atom. The second-order valence-electron chi connectivity index (χ2n) is 7.68. The molecule has 3 aliphatic rings. The van der Waals surface area contributed by atoms with Gasteiger partial charge in [-0.1, -0.05) is 11.6 Å². The largest absolute Gasteiger partial charge is 0.339 e. The number of nitrogens with zero attached hydrogens (tertiary/aromatic N) is 2. The summed E-state index contributed by atoms with van der Waals surface area (Å²) in [6.45, 7) is 1.91. The van der Waals surface area contributed by atoms with Gasteiger partial charge < -0.3 is 15.5 Å². The molecule has 1 aromatic carbocycles. The number of benzene rings is 1. The summed E-state index contributed by atoms with van der Waals surface area (Å²) in [6, 6.07) is 3.77. The zero-order valence-electron chi connectivity index (χ0n) is 14.9. The predicted molar refractivity (Wildman–Crippen MR) is 103 cm³/mol. The molecular weight excluding hydrogens is 392 g/mol. The summed E-state index contributed by atoms with van der Waals surface area (Å²) >= 11 is 6.00. The smallest absolute Gasteiger partial charge is 0.255 e. The molecule has 27 heavy (non-hydrogen) atoms. The molecule has 5 nitrogen and oxygen atoms in total. The van der Waals surface area contributed by atoms with Gasteiger partial charge in [-0.3, -0.25) is 9.59 Å². The number of fused-ring (bicyclic) bond motifs is 2. The van der Waals surface area contributed by atoms with Crippen LogP contribution in [0.2, 0.25) is 5.02 Å². The molecule has 2 aliphatic carbocycles. The van der Waals surface area contributed by atoms with E-state index in [-0.39, 0.29) is 41.2 Å². The summed E-state index contributed by atoms with van der Waals surface area (Å²) in [7, 11) is 0. The van der Waals surface area contributed by atoms with Crippen LogP contribution in [0.5, 0.6) is 0 Å². The number of amides is 2. The summed E-state index contributed by atoms with van der Waals surface area (Å²) in [5.74, 6) is 0.333. The third-order valence-electron chi connectivity index (χ3n) is 6.31. The maximum absolute atomic E-state index is 13.2. The zero-order chi connectivity index (χ0) is 18.4. The predicted octanol–water partition coefficient (Wildman–Crippen LogP) is 2.56. The third-order valence-corrected chi connectivity index (χ3v) is 6.62. The van der Waals surface area contributed by atoms with Crippen LogP contribution in [-0.4, -0.2) is 53.8 Å². The van der Waals surface area contributed by atoms with Crippen molar-refractivity contribution in [2.75, 3.05) is 26.2 Å². The van der Waals surface area contributed by atoms with E-state index < -0.39 is 5.82 Å². The summed E-state index contributed by atoms with van der Waals surface area (Å²) in [5, 5.41) is 0.112. The van der Waals surface area contributed by atoms with Gasteiger partial charge in [-0.2, -0.15) is 0 Å². The summed E-state index contributed by atoms with van der Waals surface area (Å²) in [6.07, 6.45) is 3.34. The molecule has 2 bridgehead atoms. The molecule has 4 rings (SSSR count). The first-order valence-electron chi connectivity index (χ1n) is 9.24. The van der Waals surface area contributed by atoms with Crippen molar-refractivity contribution in [1.29, 1.82) is 0 Å². The van der Waals surface area contributed by atoms with Crippen LogP contribution in [0.3, 0.4) is 0 Å². The van der Waals surface area contributed by atoms with Crippen molar-refractivity contribution in [3.63, 3.8) is 0 Å². The highest BCUT2D eigenvalue weighted by molar-refractivity contribution is 6.33. The Labute approximate surface area is 169 Å². The van der Waals surface area contributed by atoms with E-state index in [1.807, 2.05) is 4.90 Å². The second kappa shape index (κ2) is 7.94. The molecule has 1 aromatic rings. The van der Waals surface area contributed by atoms with Crippen molar-refractivity contribution in [2.24, 2.45) is 23.5 Å². The molecule has 8 heteroatoms. The van der Waals surface area contributed by atoms with Crippen LogP contribution in [0.4, 0.5) is 4.39 Å². The lowest BCUT2D eigenvalue weighted by Gasteiger charge is -2.38. The zero-order valence-corrected chi connectivity index (χ0v) is 16.5. The lowest BCUT2D eigenvalue weighted by atomic mass is 9.84. The molecule has 4 unspecified atom stereocenters. The van der Waals surface area contributed by atoms with Gasteiger partial charge >= 0.3 is 0 Å². The molecular formula is C19H24Cl2FN3O2. The maximum atomic E-state index is 13.2. The van der Waals surface area contributed by atoms with E-state index >= 15 is 0 Å². The number of carbonyl (C=O) groups is 2. The summed E-state index contributed by atoms with van der Waals surface area (Å²) in [5.41, 5.74) is 6.59. The summed E-state index contributed by atoms with van der Waals surface area (Å²) in [4.78, 5) is 29.1. The first kappa shape index (κ1) is 20.4. The molecule has 1 heterocycles. The maximum Gasteiger partial charge on any atom is 0.255 e. The highest BCUT2D eigenvalue weighted by Crippen LogP contribution is 2.48. The van der Waals surface area contributed by atoms with Crippen molar-refractivity contribution >= 4 is 35.8 Å². The monoisotopic (exact) mass is 415 g/mol. The van der Waals surface area contributed by atoms with E-state index in [2.05, 4.69) is 0 Å². The molecule has 148 valence electrons. The van der Waals surface area contributed by atoms with Gasteiger partial charge in [0.15, 0.2) is 0 Å². The topological polar surface area (TPSA) is 66.6 Å². The highest BCUT2D eigenvalue weighted by Gasteiger charge is 2.50. The lowest BCUT2D eigenvalue weighted by Crippen LogP contribution is -2.54. The van der Waals surface area contributed by atoms with Crippen molar-refractivity contribution < 1.29 is 14.0 Å². The van der Waals surface area contributed by atoms with E-state index in [9.17, 15) is 14.0 Å². The van der Waals surface area contributed by atoms with Crippen LogP contribution in [0.15, 0.2) is 18.2 Å². The third kappa shape index (κ3) is 3.67. The van der Waals surface area contributed by atoms with Gasteiger partial charge in [-0.25, -0.2) is 4.39 Å². The Morgan fingerprint density at radius 2 is 1.70 bits per heavy atom.